The van der Waals surface area contributed by atoms with Gasteiger partial charge >= 0.3 is 5.97 Å². The molecule has 1 aromatic heterocycles. The van der Waals surface area contributed by atoms with Gasteiger partial charge in [0.25, 0.3) is 0 Å². The number of methoxy groups -OCH3 is 1. The maximum Gasteiger partial charge on any atom is 0.330 e. The summed E-state index contributed by atoms with van der Waals surface area (Å²) in [4.78, 5) is 26.9. The SMILES string of the molecule is CCCc1nccn1CC(NC(C)=O)C(=O)OC. The van der Waals surface area contributed by atoms with E-state index in [1.54, 1.807) is 12.4 Å². The maximum atomic E-state index is 11.6. The largest absolute Gasteiger partial charge is 0.467 e. The number of hydrogen-bond donors (Lipinski definition) is 1. The van der Waals surface area contributed by atoms with Crippen molar-refractivity contribution < 1.29 is 14.3 Å². The van der Waals surface area contributed by atoms with Gasteiger partial charge in [-0.15, -0.1) is 0 Å². The summed E-state index contributed by atoms with van der Waals surface area (Å²) in [6.07, 6.45) is 5.29. The molecule has 0 radical (unpaired) electrons. The molecule has 1 rings (SSSR count). The Morgan fingerprint density at radius 3 is 2.83 bits per heavy atom. The molecule has 6 heteroatoms. The number of hydrogen-bond acceptors (Lipinski definition) is 4. The molecule has 0 fully saturated rings. The highest BCUT2D eigenvalue weighted by Crippen LogP contribution is 2.04. The van der Waals surface area contributed by atoms with Crippen LogP contribution in [-0.2, 0) is 27.3 Å². The van der Waals surface area contributed by atoms with Gasteiger partial charge in [-0.3, -0.25) is 4.79 Å². The van der Waals surface area contributed by atoms with Gasteiger partial charge in [-0.05, 0) is 6.42 Å². The number of esters is 1. The zero-order valence-corrected chi connectivity index (χ0v) is 11.0. The third-order valence-corrected chi connectivity index (χ3v) is 2.52. The Bertz CT molecular complexity index is 414. The standard InChI is InChI=1S/C12H19N3O3/c1-4-5-11-13-6-7-15(11)8-10(12(17)18-3)14-9(2)16/h6-7,10H,4-5,8H2,1-3H3,(H,14,16). The van der Waals surface area contributed by atoms with Gasteiger partial charge in [0.2, 0.25) is 5.91 Å². The molecule has 0 aliphatic rings. The second-order valence-electron chi connectivity index (χ2n) is 4.02. The van der Waals surface area contributed by atoms with Crippen LogP contribution in [-0.4, -0.2) is 34.6 Å². The highest BCUT2D eigenvalue weighted by Gasteiger charge is 2.21. The van der Waals surface area contributed by atoms with Crippen LogP contribution in [0.15, 0.2) is 12.4 Å². The quantitative estimate of drug-likeness (QED) is 0.750. The van der Waals surface area contributed by atoms with Crippen molar-refractivity contribution in [2.75, 3.05) is 7.11 Å². The van der Waals surface area contributed by atoms with E-state index in [-0.39, 0.29) is 5.91 Å². The lowest BCUT2D eigenvalue weighted by Gasteiger charge is -2.17. The molecular weight excluding hydrogens is 234 g/mol. The summed E-state index contributed by atoms with van der Waals surface area (Å²) in [5, 5.41) is 2.58. The minimum Gasteiger partial charge on any atom is -0.467 e. The van der Waals surface area contributed by atoms with Gasteiger partial charge in [0.05, 0.1) is 13.7 Å². The van der Waals surface area contributed by atoms with E-state index in [0.717, 1.165) is 18.7 Å². The predicted molar refractivity (Wildman–Crippen MR) is 65.8 cm³/mol. The van der Waals surface area contributed by atoms with Gasteiger partial charge in [0, 0.05) is 25.7 Å². The molecule has 0 aliphatic heterocycles. The van der Waals surface area contributed by atoms with Crippen LogP contribution in [0, 0.1) is 0 Å². The van der Waals surface area contributed by atoms with E-state index in [0.29, 0.717) is 6.54 Å². The van der Waals surface area contributed by atoms with Crippen LogP contribution >= 0.6 is 0 Å². The molecule has 1 heterocycles. The van der Waals surface area contributed by atoms with Crippen molar-refractivity contribution >= 4 is 11.9 Å². The van der Waals surface area contributed by atoms with E-state index in [4.69, 9.17) is 0 Å². The third-order valence-electron chi connectivity index (χ3n) is 2.52. The predicted octanol–water partition coefficient (Wildman–Crippen LogP) is 0.513. The Hall–Kier alpha value is -1.85. The Morgan fingerprint density at radius 2 is 2.28 bits per heavy atom. The highest BCUT2D eigenvalue weighted by molar-refractivity contribution is 5.83. The summed E-state index contributed by atoms with van der Waals surface area (Å²) in [6.45, 7) is 3.77. The Morgan fingerprint density at radius 1 is 1.56 bits per heavy atom. The number of aryl methyl sites for hydroxylation is 1. The van der Waals surface area contributed by atoms with Gasteiger partial charge in [-0.25, -0.2) is 9.78 Å². The van der Waals surface area contributed by atoms with Crippen molar-refractivity contribution in [1.29, 1.82) is 0 Å². The number of carbonyl (C=O) groups excluding carboxylic acids is 2. The molecule has 0 aliphatic carbocycles. The van der Waals surface area contributed by atoms with Crippen LogP contribution < -0.4 is 5.32 Å². The lowest BCUT2D eigenvalue weighted by atomic mass is 10.2. The van der Waals surface area contributed by atoms with Crippen molar-refractivity contribution in [2.24, 2.45) is 0 Å². The second kappa shape index (κ2) is 6.78. The van der Waals surface area contributed by atoms with Crippen LogP contribution in [0.5, 0.6) is 0 Å². The lowest BCUT2D eigenvalue weighted by molar-refractivity contribution is -0.145. The molecule has 18 heavy (non-hydrogen) atoms. The second-order valence-corrected chi connectivity index (χ2v) is 4.02. The first kappa shape index (κ1) is 14.2. The van der Waals surface area contributed by atoms with Crippen molar-refractivity contribution in [1.82, 2.24) is 14.9 Å². The Balaban J connectivity index is 2.78. The maximum absolute atomic E-state index is 11.6. The van der Waals surface area contributed by atoms with Crippen molar-refractivity contribution in [2.45, 2.75) is 39.3 Å². The molecule has 0 spiro atoms. The third kappa shape index (κ3) is 3.87. The monoisotopic (exact) mass is 253 g/mol. The van der Waals surface area contributed by atoms with E-state index < -0.39 is 12.0 Å². The zero-order valence-electron chi connectivity index (χ0n) is 11.0. The summed E-state index contributed by atoms with van der Waals surface area (Å²) >= 11 is 0. The van der Waals surface area contributed by atoms with Crippen LogP contribution in [0.1, 0.15) is 26.1 Å². The number of amides is 1. The van der Waals surface area contributed by atoms with Crippen LogP contribution in [0.4, 0.5) is 0 Å². The average molecular weight is 253 g/mol. The fraction of sp³-hybridized carbons (Fsp3) is 0.583. The average Bonchev–Trinajstić information content (AvgIpc) is 2.75. The Kier molecular flexibility index (Phi) is 5.35. The van der Waals surface area contributed by atoms with E-state index in [9.17, 15) is 9.59 Å². The summed E-state index contributed by atoms with van der Waals surface area (Å²) in [5.41, 5.74) is 0. The topological polar surface area (TPSA) is 73.2 Å². The van der Waals surface area contributed by atoms with Gasteiger partial charge in [0.15, 0.2) is 0 Å². The molecule has 1 unspecified atom stereocenters. The molecular formula is C12H19N3O3. The number of nitrogens with zero attached hydrogens (tertiary/aromatic N) is 2. The van der Waals surface area contributed by atoms with Crippen LogP contribution in [0.2, 0.25) is 0 Å². The van der Waals surface area contributed by atoms with Gasteiger partial charge < -0.3 is 14.6 Å². The van der Waals surface area contributed by atoms with E-state index in [2.05, 4.69) is 22.0 Å². The zero-order chi connectivity index (χ0) is 13.5. The summed E-state index contributed by atoms with van der Waals surface area (Å²) in [7, 11) is 1.30. The van der Waals surface area contributed by atoms with Crippen molar-refractivity contribution in [3.63, 3.8) is 0 Å². The molecule has 0 aromatic carbocycles. The molecule has 0 saturated heterocycles. The normalized spacial score (nSPS) is 11.9. The molecule has 0 bridgehead atoms. The minimum atomic E-state index is -0.683. The fourth-order valence-corrected chi connectivity index (χ4v) is 1.72. The van der Waals surface area contributed by atoms with Crippen LogP contribution in [0.25, 0.3) is 0 Å². The molecule has 100 valence electrons. The van der Waals surface area contributed by atoms with Crippen molar-refractivity contribution in [3.8, 4) is 0 Å². The molecule has 0 saturated carbocycles. The first-order valence-corrected chi connectivity index (χ1v) is 5.93. The first-order chi connectivity index (χ1) is 8.58. The summed E-state index contributed by atoms with van der Waals surface area (Å²) in [6, 6.07) is -0.683. The number of ether oxygens (including phenoxy) is 1. The minimum absolute atomic E-state index is 0.262. The summed E-state index contributed by atoms with van der Waals surface area (Å²) in [5.74, 6) is 0.181. The van der Waals surface area contributed by atoms with E-state index in [1.807, 2.05) is 4.57 Å². The number of nitrogens with one attached hydrogen (secondary N) is 1. The van der Waals surface area contributed by atoms with E-state index in [1.165, 1.54) is 14.0 Å². The van der Waals surface area contributed by atoms with Gasteiger partial charge in [-0.1, -0.05) is 6.92 Å². The molecule has 1 aromatic rings. The highest BCUT2D eigenvalue weighted by atomic mass is 16.5. The van der Waals surface area contributed by atoms with Crippen molar-refractivity contribution in [3.05, 3.63) is 18.2 Å². The van der Waals surface area contributed by atoms with Gasteiger partial charge in [0.1, 0.15) is 11.9 Å². The lowest BCUT2D eigenvalue weighted by Crippen LogP contribution is -2.43. The molecule has 6 nitrogen and oxygen atoms in total. The van der Waals surface area contributed by atoms with E-state index >= 15 is 0 Å². The number of imidazole rings is 1. The Labute approximate surface area is 106 Å². The molecule has 1 amide bonds. The molecule has 1 atom stereocenters. The first-order valence-electron chi connectivity index (χ1n) is 5.93. The smallest absolute Gasteiger partial charge is 0.330 e. The fourth-order valence-electron chi connectivity index (χ4n) is 1.72. The summed E-state index contributed by atoms with van der Waals surface area (Å²) < 4.78 is 6.54. The number of aromatic nitrogens is 2. The van der Waals surface area contributed by atoms with Gasteiger partial charge in [-0.2, -0.15) is 0 Å². The number of rotatable bonds is 6. The molecule has 1 N–H and O–H groups in total. The van der Waals surface area contributed by atoms with Crippen LogP contribution in [0.3, 0.4) is 0 Å². The number of carbonyl (C=O) groups is 2.